The summed E-state index contributed by atoms with van der Waals surface area (Å²) in [7, 11) is 0. The van der Waals surface area contributed by atoms with Crippen LogP contribution < -0.4 is 9.64 Å². The van der Waals surface area contributed by atoms with E-state index in [4.69, 9.17) is 16.3 Å². The summed E-state index contributed by atoms with van der Waals surface area (Å²) >= 11 is 5.80. The van der Waals surface area contributed by atoms with Gasteiger partial charge in [0, 0.05) is 11.4 Å². The van der Waals surface area contributed by atoms with Crippen LogP contribution in [0.1, 0.15) is 19.3 Å². The molecule has 0 saturated carbocycles. The Kier molecular flexibility index (Phi) is 6.10. The van der Waals surface area contributed by atoms with Gasteiger partial charge in [-0.15, -0.1) is 0 Å². The largest absolute Gasteiger partial charge is 0.491 e. The van der Waals surface area contributed by atoms with E-state index >= 15 is 0 Å². The molecule has 0 spiro atoms. The minimum absolute atomic E-state index is 0.195. The molecule has 1 unspecified atom stereocenters. The lowest BCUT2D eigenvalue weighted by molar-refractivity contribution is -0.933. The molecule has 3 atom stereocenters. The standard InChI is InChI=1S/C15H22ClNO3/c16-12-4-6-15(7-5-12)20-11-14(19)9-17-8-2-1-3-13(17)10-18/h4-7,13-14,18-19H,1-3,8-11H2/p+1/t13-,14+/m1/s1. The molecule has 1 fully saturated rings. The second-order valence-electron chi connectivity index (χ2n) is 5.41. The second-order valence-corrected chi connectivity index (χ2v) is 5.84. The zero-order chi connectivity index (χ0) is 14.4. The molecule has 1 aliphatic heterocycles. The molecule has 1 heterocycles. The Labute approximate surface area is 124 Å². The zero-order valence-electron chi connectivity index (χ0n) is 11.6. The van der Waals surface area contributed by atoms with Crippen molar-refractivity contribution in [3.63, 3.8) is 0 Å². The first-order valence-electron chi connectivity index (χ1n) is 7.21. The van der Waals surface area contributed by atoms with Gasteiger partial charge in [0.1, 0.15) is 31.0 Å². The van der Waals surface area contributed by atoms with Crippen LogP contribution in [0, 0.1) is 0 Å². The van der Waals surface area contributed by atoms with Crippen molar-refractivity contribution in [2.45, 2.75) is 31.4 Å². The minimum Gasteiger partial charge on any atom is -0.491 e. The number of piperidine rings is 1. The van der Waals surface area contributed by atoms with Crippen molar-refractivity contribution in [1.29, 1.82) is 0 Å². The van der Waals surface area contributed by atoms with E-state index in [9.17, 15) is 10.2 Å². The Morgan fingerprint density at radius 1 is 1.30 bits per heavy atom. The lowest BCUT2D eigenvalue weighted by Crippen LogP contribution is -3.18. The fraction of sp³-hybridized carbons (Fsp3) is 0.600. The van der Waals surface area contributed by atoms with Crippen LogP contribution in [0.2, 0.25) is 5.02 Å². The predicted molar refractivity (Wildman–Crippen MR) is 78.4 cm³/mol. The SMILES string of the molecule is OC[C@H]1CCCC[NH+]1C[C@H](O)COc1ccc(Cl)cc1. The van der Waals surface area contributed by atoms with Crippen LogP contribution in [0.5, 0.6) is 5.75 Å². The molecule has 0 radical (unpaired) electrons. The van der Waals surface area contributed by atoms with Gasteiger partial charge in [-0.05, 0) is 37.1 Å². The molecule has 1 aliphatic rings. The number of halogens is 1. The molecule has 1 saturated heterocycles. The highest BCUT2D eigenvalue weighted by Crippen LogP contribution is 2.15. The van der Waals surface area contributed by atoms with Gasteiger partial charge in [0.05, 0.1) is 13.2 Å². The van der Waals surface area contributed by atoms with Gasteiger partial charge in [0.2, 0.25) is 0 Å². The maximum absolute atomic E-state index is 10.1. The van der Waals surface area contributed by atoms with Crippen LogP contribution in [-0.4, -0.2) is 48.7 Å². The van der Waals surface area contributed by atoms with Crippen molar-refractivity contribution >= 4 is 11.6 Å². The fourth-order valence-corrected chi connectivity index (χ4v) is 2.85. The molecule has 112 valence electrons. The number of likely N-dealkylation sites (tertiary alicyclic amines) is 1. The van der Waals surface area contributed by atoms with Gasteiger partial charge in [-0.1, -0.05) is 11.6 Å². The average Bonchev–Trinajstić information content (AvgIpc) is 2.47. The number of nitrogens with one attached hydrogen (secondary N) is 1. The monoisotopic (exact) mass is 300 g/mol. The van der Waals surface area contributed by atoms with E-state index in [0.717, 1.165) is 19.4 Å². The van der Waals surface area contributed by atoms with Crippen LogP contribution in [0.15, 0.2) is 24.3 Å². The first-order chi connectivity index (χ1) is 9.69. The Bertz CT molecular complexity index is 399. The number of hydrogen-bond donors (Lipinski definition) is 3. The third-order valence-corrected chi connectivity index (χ3v) is 4.10. The maximum atomic E-state index is 10.1. The lowest BCUT2D eigenvalue weighted by atomic mass is 10.0. The van der Waals surface area contributed by atoms with Gasteiger partial charge in [0.25, 0.3) is 0 Å². The van der Waals surface area contributed by atoms with Crippen molar-refractivity contribution in [2.75, 3.05) is 26.3 Å². The average molecular weight is 301 g/mol. The first-order valence-corrected chi connectivity index (χ1v) is 7.58. The van der Waals surface area contributed by atoms with Gasteiger partial charge in [-0.25, -0.2) is 0 Å². The zero-order valence-corrected chi connectivity index (χ0v) is 12.4. The topological polar surface area (TPSA) is 54.1 Å². The van der Waals surface area contributed by atoms with Crippen molar-refractivity contribution in [3.05, 3.63) is 29.3 Å². The summed E-state index contributed by atoms with van der Waals surface area (Å²) in [5, 5.41) is 20.1. The summed E-state index contributed by atoms with van der Waals surface area (Å²) in [5.74, 6) is 0.709. The lowest BCUT2D eigenvalue weighted by Gasteiger charge is -2.32. The number of rotatable bonds is 6. The molecule has 5 heteroatoms. The third-order valence-electron chi connectivity index (χ3n) is 3.85. The highest BCUT2D eigenvalue weighted by Gasteiger charge is 2.27. The third kappa shape index (κ3) is 4.63. The number of aliphatic hydroxyl groups excluding tert-OH is 2. The highest BCUT2D eigenvalue weighted by molar-refractivity contribution is 6.30. The number of hydrogen-bond acceptors (Lipinski definition) is 3. The molecule has 1 aromatic rings. The summed E-state index contributed by atoms with van der Waals surface area (Å²) in [4.78, 5) is 1.28. The molecule has 0 aromatic heterocycles. The number of benzene rings is 1. The van der Waals surface area contributed by atoms with Crippen LogP contribution >= 0.6 is 11.6 Å². The second kappa shape index (κ2) is 7.84. The van der Waals surface area contributed by atoms with E-state index in [2.05, 4.69) is 0 Å². The number of quaternary nitrogens is 1. The summed E-state index contributed by atoms with van der Waals surface area (Å²) in [6, 6.07) is 7.37. The minimum atomic E-state index is -0.521. The van der Waals surface area contributed by atoms with E-state index in [-0.39, 0.29) is 19.3 Å². The van der Waals surface area contributed by atoms with Crippen LogP contribution in [0.3, 0.4) is 0 Å². The fourth-order valence-electron chi connectivity index (χ4n) is 2.72. The van der Waals surface area contributed by atoms with Crippen LogP contribution in [-0.2, 0) is 0 Å². The quantitative estimate of drug-likeness (QED) is 0.717. The van der Waals surface area contributed by atoms with E-state index in [1.807, 2.05) is 0 Å². The van der Waals surface area contributed by atoms with Crippen LogP contribution in [0.4, 0.5) is 0 Å². The Balaban J connectivity index is 1.76. The Morgan fingerprint density at radius 3 is 2.75 bits per heavy atom. The summed E-state index contributed by atoms with van der Waals surface area (Å²) < 4.78 is 5.55. The molecule has 3 N–H and O–H groups in total. The molecule has 0 bridgehead atoms. The summed E-state index contributed by atoms with van der Waals surface area (Å²) in [6.45, 7) is 2.10. The normalized spacial score (nSPS) is 24.4. The van der Waals surface area contributed by atoms with Crippen LogP contribution in [0.25, 0.3) is 0 Å². The smallest absolute Gasteiger partial charge is 0.137 e. The summed E-state index contributed by atoms with van der Waals surface area (Å²) in [5.41, 5.74) is 0. The maximum Gasteiger partial charge on any atom is 0.137 e. The van der Waals surface area contributed by atoms with Crippen molar-refractivity contribution in [1.82, 2.24) is 0 Å². The molecule has 20 heavy (non-hydrogen) atoms. The molecule has 1 aromatic carbocycles. The molecular weight excluding hydrogens is 278 g/mol. The van der Waals surface area contributed by atoms with E-state index in [1.165, 1.54) is 11.3 Å². The molecular formula is C15H23ClNO3+. The molecule has 4 nitrogen and oxygen atoms in total. The number of aliphatic hydroxyl groups is 2. The van der Waals surface area contributed by atoms with Crippen molar-refractivity contribution < 1.29 is 19.8 Å². The molecule has 0 aliphatic carbocycles. The Hall–Kier alpha value is -0.810. The van der Waals surface area contributed by atoms with Gasteiger partial charge in [0.15, 0.2) is 0 Å². The van der Waals surface area contributed by atoms with E-state index in [1.54, 1.807) is 24.3 Å². The van der Waals surface area contributed by atoms with Crippen molar-refractivity contribution in [2.24, 2.45) is 0 Å². The van der Waals surface area contributed by atoms with Gasteiger partial charge >= 0.3 is 0 Å². The predicted octanol–water partition coefficient (Wildman–Crippen LogP) is 0.509. The van der Waals surface area contributed by atoms with Gasteiger partial charge in [-0.2, -0.15) is 0 Å². The van der Waals surface area contributed by atoms with E-state index < -0.39 is 6.10 Å². The van der Waals surface area contributed by atoms with Gasteiger partial charge in [-0.3, -0.25) is 0 Å². The highest BCUT2D eigenvalue weighted by atomic mass is 35.5. The molecule has 0 amide bonds. The summed E-state index contributed by atoms with van der Waals surface area (Å²) in [6.07, 6.45) is 2.85. The Morgan fingerprint density at radius 2 is 2.05 bits per heavy atom. The molecule has 2 rings (SSSR count). The van der Waals surface area contributed by atoms with Crippen molar-refractivity contribution in [3.8, 4) is 5.75 Å². The van der Waals surface area contributed by atoms with Gasteiger partial charge < -0.3 is 19.8 Å². The first kappa shape index (κ1) is 15.6. The van der Waals surface area contributed by atoms with E-state index in [0.29, 0.717) is 17.3 Å². The number of ether oxygens (including phenoxy) is 1.